The maximum atomic E-state index is 12.8. The number of thioether (sulfide) groups is 1. The highest BCUT2D eigenvalue weighted by Crippen LogP contribution is 2.22. The minimum Gasteiger partial charge on any atom is -0.327 e. The Bertz CT molecular complexity index is 310. The second-order valence-corrected chi connectivity index (χ2v) is 3.37. The van der Waals surface area contributed by atoms with Crippen LogP contribution in [0, 0.1) is 5.82 Å². The molecule has 1 rings (SSSR count). The van der Waals surface area contributed by atoms with Crippen LogP contribution in [0.5, 0.6) is 0 Å². The summed E-state index contributed by atoms with van der Waals surface area (Å²) in [5, 5.41) is 0. The fourth-order valence-electron chi connectivity index (χ4n) is 1.03. The predicted molar refractivity (Wildman–Crippen MR) is 56.3 cm³/mol. The number of nitrogens with two attached hydrogens (primary N) is 1. The van der Waals surface area contributed by atoms with Gasteiger partial charge in [-0.25, -0.2) is 4.39 Å². The van der Waals surface area contributed by atoms with Crippen LogP contribution in [0.2, 0.25) is 0 Å². The lowest BCUT2D eigenvalue weighted by Crippen LogP contribution is -1.92. The molecule has 1 nitrogen and oxygen atoms in total. The van der Waals surface area contributed by atoms with Crippen LogP contribution < -0.4 is 5.73 Å². The molecule has 0 fully saturated rings. The highest BCUT2D eigenvalue weighted by Gasteiger charge is 1.98. The number of benzene rings is 1. The maximum Gasteiger partial charge on any atom is 0.123 e. The minimum atomic E-state index is -0.213. The van der Waals surface area contributed by atoms with Crippen molar-refractivity contribution in [1.29, 1.82) is 0 Å². The first-order valence-corrected chi connectivity index (χ1v) is 5.20. The van der Waals surface area contributed by atoms with Crippen molar-refractivity contribution in [3.63, 3.8) is 0 Å². The normalized spacial score (nSPS) is 11.0. The molecule has 0 amide bonds. The first-order chi connectivity index (χ1) is 6.27. The van der Waals surface area contributed by atoms with Gasteiger partial charge < -0.3 is 5.73 Å². The van der Waals surface area contributed by atoms with Gasteiger partial charge in [-0.1, -0.05) is 12.2 Å². The monoisotopic (exact) mass is 197 g/mol. The van der Waals surface area contributed by atoms with Crippen molar-refractivity contribution in [2.75, 3.05) is 12.8 Å². The van der Waals surface area contributed by atoms with E-state index in [9.17, 15) is 4.39 Å². The quantitative estimate of drug-likeness (QED) is 0.753. The Morgan fingerprint density at radius 1 is 1.54 bits per heavy atom. The topological polar surface area (TPSA) is 26.0 Å². The van der Waals surface area contributed by atoms with Crippen molar-refractivity contribution in [3.8, 4) is 0 Å². The minimum absolute atomic E-state index is 0.213. The van der Waals surface area contributed by atoms with Gasteiger partial charge in [-0.05, 0) is 30.0 Å². The zero-order valence-corrected chi connectivity index (χ0v) is 8.27. The van der Waals surface area contributed by atoms with Crippen LogP contribution in [0.15, 0.2) is 29.2 Å². The average Bonchev–Trinajstić information content (AvgIpc) is 2.15. The molecule has 3 heteroatoms. The summed E-state index contributed by atoms with van der Waals surface area (Å²) >= 11 is 1.60. The molecular formula is C10H12FNS. The molecule has 2 N–H and O–H groups in total. The number of rotatable bonds is 3. The van der Waals surface area contributed by atoms with E-state index in [4.69, 9.17) is 5.73 Å². The van der Waals surface area contributed by atoms with Gasteiger partial charge in [0, 0.05) is 11.4 Å². The van der Waals surface area contributed by atoms with E-state index in [1.165, 1.54) is 12.1 Å². The third kappa shape index (κ3) is 2.86. The molecule has 0 aliphatic heterocycles. The third-order valence-corrected chi connectivity index (χ3v) is 2.44. The highest BCUT2D eigenvalue weighted by molar-refractivity contribution is 7.98. The van der Waals surface area contributed by atoms with E-state index in [-0.39, 0.29) is 5.82 Å². The zero-order chi connectivity index (χ0) is 9.68. The Kier molecular flexibility index (Phi) is 3.99. The first-order valence-electron chi connectivity index (χ1n) is 3.98. The van der Waals surface area contributed by atoms with Gasteiger partial charge in [-0.2, -0.15) is 0 Å². The Morgan fingerprint density at radius 3 is 2.92 bits per heavy atom. The van der Waals surface area contributed by atoms with E-state index in [0.717, 1.165) is 10.5 Å². The summed E-state index contributed by atoms with van der Waals surface area (Å²) in [6, 6.07) is 4.75. The Balaban J connectivity index is 3.01. The summed E-state index contributed by atoms with van der Waals surface area (Å²) in [5.74, 6) is -0.213. The number of hydrogen-bond donors (Lipinski definition) is 1. The molecular weight excluding hydrogens is 185 g/mol. The van der Waals surface area contributed by atoms with Crippen LogP contribution in [-0.2, 0) is 0 Å². The summed E-state index contributed by atoms with van der Waals surface area (Å²) in [5.41, 5.74) is 6.21. The molecule has 1 aromatic rings. The van der Waals surface area contributed by atoms with Gasteiger partial charge in [0.2, 0.25) is 0 Å². The van der Waals surface area contributed by atoms with Gasteiger partial charge in [0.1, 0.15) is 5.82 Å². The summed E-state index contributed by atoms with van der Waals surface area (Å²) in [6.45, 7) is 0.477. The van der Waals surface area contributed by atoms with Crippen LogP contribution in [0.4, 0.5) is 4.39 Å². The van der Waals surface area contributed by atoms with Crippen molar-refractivity contribution in [1.82, 2.24) is 0 Å². The van der Waals surface area contributed by atoms with E-state index in [2.05, 4.69) is 0 Å². The summed E-state index contributed by atoms with van der Waals surface area (Å²) in [6.07, 6.45) is 5.62. The molecule has 0 atom stereocenters. The highest BCUT2D eigenvalue weighted by atomic mass is 32.2. The Morgan fingerprint density at radius 2 is 2.31 bits per heavy atom. The van der Waals surface area contributed by atoms with Gasteiger partial charge in [0.15, 0.2) is 0 Å². The van der Waals surface area contributed by atoms with Crippen LogP contribution in [0.3, 0.4) is 0 Å². The molecule has 0 spiro atoms. The molecule has 0 saturated carbocycles. The van der Waals surface area contributed by atoms with Crippen LogP contribution >= 0.6 is 11.8 Å². The van der Waals surface area contributed by atoms with Gasteiger partial charge >= 0.3 is 0 Å². The van der Waals surface area contributed by atoms with Gasteiger partial charge in [0.25, 0.3) is 0 Å². The lowest BCUT2D eigenvalue weighted by molar-refractivity contribution is 0.626. The largest absolute Gasteiger partial charge is 0.327 e. The molecule has 0 aliphatic rings. The van der Waals surface area contributed by atoms with Crippen LogP contribution in [0.25, 0.3) is 6.08 Å². The smallest absolute Gasteiger partial charge is 0.123 e. The maximum absolute atomic E-state index is 12.8. The first kappa shape index (κ1) is 10.3. The van der Waals surface area contributed by atoms with Crippen LogP contribution in [0.1, 0.15) is 5.56 Å². The van der Waals surface area contributed by atoms with E-state index in [1.807, 2.05) is 18.4 Å². The SMILES string of the molecule is CSc1ccc(F)cc1/C=C/CN. The van der Waals surface area contributed by atoms with E-state index < -0.39 is 0 Å². The molecule has 0 aliphatic carbocycles. The Labute approximate surface area is 81.8 Å². The summed E-state index contributed by atoms with van der Waals surface area (Å²) in [7, 11) is 0. The average molecular weight is 197 g/mol. The Hall–Kier alpha value is -0.800. The van der Waals surface area contributed by atoms with Gasteiger partial charge in [-0.15, -0.1) is 11.8 Å². The zero-order valence-electron chi connectivity index (χ0n) is 7.46. The lowest BCUT2D eigenvalue weighted by atomic mass is 10.2. The van der Waals surface area contributed by atoms with Gasteiger partial charge in [0.05, 0.1) is 0 Å². The molecule has 0 aromatic heterocycles. The summed E-state index contributed by atoms with van der Waals surface area (Å²) in [4.78, 5) is 1.06. The fraction of sp³-hybridized carbons (Fsp3) is 0.200. The molecule has 0 saturated heterocycles. The molecule has 0 bridgehead atoms. The van der Waals surface area contributed by atoms with E-state index in [1.54, 1.807) is 17.8 Å². The van der Waals surface area contributed by atoms with Gasteiger partial charge in [-0.3, -0.25) is 0 Å². The van der Waals surface area contributed by atoms with E-state index >= 15 is 0 Å². The molecule has 13 heavy (non-hydrogen) atoms. The van der Waals surface area contributed by atoms with E-state index in [0.29, 0.717) is 6.54 Å². The third-order valence-electron chi connectivity index (χ3n) is 1.63. The fourth-order valence-corrected chi connectivity index (χ4v) is 1.60. The second-order valence-electron chi connectivity index (χ2n) is 2.52. The predicted octanol–water partition coefficient (Wildman–Crippen LogP) is 2.52. The molecule has 1 aromatic carbocycles. The molecule has 70 valence electrons. The standard InChI is InChI=1S/C10H12FNS/c1-13-10-5-4-9(11)7-8(10)3-2-6-12/h2-5,7H,6,12H2,1H3/b3-2+. The van der Waals surface area contributed by atoms with Crippen molar-refractivity contribution in [3.05, 3.63) is 35.7 Å². The lowest BCUT2D eigenvalue weighted by Gasteiger charge is -2.01. The van der Waals surface area contributed by atoms with Crippen molar-refractivity contribution in [2.24, 2.45) is 5.73 Å². The summed E-state index contributed by atoms with van der Waals surface area (Å²) < 4.78 is 12.8. The second kappa shape index (κ2) is 5.04. The molecule has 0 radical (unpaired) electrons. The molecule has 0 heterocycles. The molecule has 0 unspecified atom stereocenters. The van der Waals surface area contributed by atoms with Crippen molar-refractivity contribution in [2.45, 2.75) is 4.90 Å². The van der Waals surface area contributed by atoms with Crippen molar-refractivity contribution < 1.29 is 4.39 Å². The number of hydrogen-bond acceptors (Lipinski definition) is 2. The van der Waals surface area contributed by atoms with Crippen LogP contribution in [-0.4, -0.2) is 12.8 Å². The van der Waals surface area contributed by atoms with Crippen molar-refractivity contribution >= 4 is 17.8 Å². The number of halogens is 1.